The molecule has 1 aromatic heterocycles. The molecule has 2 amide bonds. The second-order valence-electron chi connectivity index (χ2n) is 4.99. The molecule has 2 heterocycles. The number of halogens is 1. The number of para-hydroxylation sites is 1. The summed E-state index contributed by atoms with van der Waals surface area (Å²) in [7, 11) is 0. The van der Waals surface area contributed by atoms with Crippen molar-refractivity contribution in [3.8, 4) is 0 Å². The normalized spacial score (nSPS) is 13.8. The van der Waals surface area contributed by atoms with E-state index in [4.69, 9.17) is 0 Å². The number of hydrogen-bond donors (Lipinski definition) is 0. The predicted octanol–water partition coefficient (Wildman–Crippen LogP) is 3.17. The summed E-state index contributed by atoms with van der Waals surface area (Å²) in [6.45, 7) is 0. The molecule has 0 N–H and O–H groups in total. The lowest BCUT2D eigenvalue weighted by Crippen LogP contribution is -2.29. The van der Waals surface area contributed by atoms with Crippen molar-refractivity contribution >= 4 is 28.4 Å². The Hall–Kier alpha value is -3.08. The molecule has 1 aliphatic heterocycles. The number of carbonyl (C=O) groups is 2. The summed E-state index contributed by atoms with van der Waals surface area (Å²) in [5.74, 6) is -1.53. The monoisotopic (exact) mass is 292 g/mol. The van der Waals surface area contributed by atoms with E-state index in [0.29, 0.717) is 11.2 Å². The Morgan fingerprint density at radius 1 is 0.909 bits per heavy atom. The standard InChI is InChI=1S/C17H9FN2O2/c18-11-6-7-12-13(9-11)17(22)20(16(12)21)14-5-1-3-10-4-2-8-19-15(10)14/h1-9H. The minimum Gasteiger partial charge on any atom is -0.268 e. The SMILES string of the molecule is O=C1c2ccc(F)cc2C(=O)N1c1cccc2cccnc12. The first-order valence-corrected chi connectivity index (χ1v) is 6.69. The first-order chi connectivity index (χ1) is 10.7. The largest absolute Gasteiger partial charge is 0.268 e. The third kappa shape index (κ3) is 1.65. The third-order valence-electron chi connectivity index (χ3n) is 3.70. The number of nitrogens with zero attached hydrogens (tertiary/aromatic N) is 2. The van der Waals surface area contributed by atoms with Gasteiger partial charge in [0.25, 0.3) is 11.8 Å². The maximum absolute atomic E-state index is 13.4. The minimum atomic E-state index is -0.544. The van der Waals surface area contributed by atoms with E-state index in [1.54, 1.807) is 24.4 Å². The highest BCUT2D eigenvalue weighted by atomic mass is 19.1. The fourth-order valence-corrected chi connectivity index (χ4v) is 2.70. The van der Waals surface area contributed by atoms with E-state index in [0.717, 1.165) is 16.4 Å². The lowest BCUT2D eigenvalue weighted by atomic mass is 10.1. The molecule has 2 aromatic carbocycles. The molecular weight excluding hydrogens is 283 g/mol. The van der Waals surface area contributed by atoms with Crippen LogP contribution in [0.5, 0.6) is 0 Å². The van der Waals surface area contributed by atoms with Gasteiger partial charge in [0.1, 0.15) is 5.82 Å². The molecule has 22 heavy (non-hydrogen) atoms. The molecule has 0 spiro atoms. The van der Waals surface area contributed by atoms with E-state index in [2.05, 4.69) is 4.98 Å². The van der Waals surface area contributed by atoms with E-state index in [9.17, 15) is 14.0 Å². The number of amides is 2. The van der Waals surface area contributed by atoms with Crippen molar-refractivity contribution in [2.75, 3.05) is 4.90 Å². The van der Waals surface area contributed by atoms with Crippen LogP contribution in [0.4, 0.5) is 10.1 Å². The van der Waals surface area contributed by atoms with Crippen LogP contribution in [0.1, 0.15) is 20.7 Å². The van der Waals surface area contributed by atoms with Crippen LogP contribution < -0.4 is 4.90 Å². The summed E-state index contributed by atoms with van der Waals surface area (Å²) in [4.78, 5) is 30.3. The van der Waals surface area contributed by atoms with Crippen LogP contribution in [0.25, 0.3) is 10.9 Å². The number of anilines is 1. The average molecular weight is 292 g/mol. The minimum absolute atomic E-state index is 0.0814. The maximum Gasteiger partial charge on any atom is 0.266 e. The van der Waals surface area contributed by atoms with Crippen LogP contribution in [0, 0.1) is 5.82 Å². The number of hydrogen-bond acceptors (Lipinski definition) is 3. The third-order valence-corrected chi connectivity index (χ3v) is 3.70. The highest BCUT2D eigenvalue weighted by Gasteiger charge is 2.37. The van der Waals surface area contributed by atoms with Gasteiger partial charge in [0.2, 0.25) is 0 Å². The fraction of sp³-hybridized carbons (Fsp3) is 0. The first kappa shape index (κ1) is 12.6. The second-order valence-corrected chi connectivity index (χ2v) is 4.99. The Labute approximate surface area is 124 Å². The molecule has 4 nitrogen and oxygen atoms in total. The highest BCUT2D eigenvalue weighted by molar-refractivity contribution is 6.35. The maximum atomic E-state index is 13.4. The Morgan fingerprint density at radius 3 is 2.55 bits per heavy atom. The molecule has 0 bridgehead atoms. The van der Waals surface area contributed by atoms with Gasteiger partial charge in [-0.2, -0.15) is 0 Å². The zero-order valence-corrected chi connectivity index (χ0v) is 11.3. The zero-order chi connectivity index (χ0) is 15.3. The first-order valence-electron chi connectivity index (χ1n) is 6.69. The topological polar surface area (TPSA) is 50.3 Å². The molecule has 0 atom stereocenters. The molecular formula is C17H9FN2O2. The van der Waals surface area contributed by atoms with Gasteiger partial charge in [-0.1, -0.05) is 18.2 Å². The average Bonchev–Trinajstić information content (AvgIpc) is 2.78. The van der Waals surface area contributed by atoms with Crippen molar-refractivity contribution in [2.45, 2.75) is 0 Å². The van der Waals surface area contributed by atoms with Gasteiger partial charge in [-0.15, -0.1) is 0 Å². The van der Waals surface area contributed by atoms with Crippen molar-refractivity contribution in [1.29, 1.82) is 0 Å². The van der Waals surface area contributed by atoms with Gasteiger partial charge in [-0.25, -0.2) is 9.29 Å². The number of fused-ring (bicyclic) bond motifs is 2. The molecule has 0 aliphatic carbocycles. The molecule has 0 radical (unpaired) electrons. The summed E-state index contributed by atoms with van der Waals surface area (Å²) in [5, 5.41) is 0.822. The molecule has 0 fully saturated rings. The van der Waals surface area contributed by atoms with Gasteiger partial charge in [0, 0.05) is 11.6 Å². The molecule has 1 aliphatic rings. The van der Waals surface area contributed by atoms with Crippen molar-refractivity contribution in [1.82, 2.24) is 4.98 Å². The summed E-state index contributed by atoms with van der Waals surface area (Å²) in [6, 6.07) is 12.5. The molecule has 0 saturated heterocycles. The quantitative estimate of drug-likeness (QED) is 0.647. The smallest absolute Gasteiger partial charge is 0.266 e. The number of pyridine rings is 1. The van der Waals surface area contributed by atoms with Crippen molar-refractivity contribution < 1.29 is 14.0 Å². The Bertz CT molecular complexity index is 947. The summed E-state index contributed by atoms with van der Waals surface area (Å²) in [6.07, 6.45) is 1.60. The van der Waals surface area contributed by atoms with E-state index in [-0.39, 0.29) is 11.1 Å². The van der Waals surface area contributed by atoms with Crippen molar-refractivity contribution in [3.63, 3.8) is 0 Å². The number of aromatic nitrogens is 1. The van der Waals surface area contributed by atoms with Crippen molar-refractivity contribution in [2.24, 2.45) is 0 Å². The summed E-state index contributed by atoms with van der Waals surface area (Å²) < 4.78 is 13.4. The Balaban J connectivity index is 1.94. The number of carbonyl (C=O) groups excluding carboxylic acids is 2. The number of rotatable bonds is 1. The highest BCUT2D eigenvalue weighted by Crippen LogP contribution is 2.32. The zero-order valence-electron chi connectivity index (χ0n) is 11.3. The van der Waals surface area contributed by atoms with Crippen LogP contribution in [-0.2, 0) is 0 Å². The van der Waals surface area contributed by atoms with Crippen LogP contribution in [0.3, 0.4) is 0 Å². The molecule has 4 rings (SSSR count). The Morgan fingerprint density at radius 2 is 1.68 bits per heavy atom. The predicted molar refractivity (Wildman–Crippen MR) is 79.3 cm³/mol. The van der Waals surface area contributed by atoms with Crippen molar-refractivity contribution in [3.05, 3.63) is 71.7 Å². The molecule has 5 heteroatoms. The lowest BCUT2D eigenvalue weighted by molar-refractivity contribution is 0.0926. The molecule has 0 saturated carbocycles. The van der Waals surface area contributed by atoms with Gasteiger partial charge < -0.3 is 0 Å². The second kappa shape index (κ2) is 4.46. The summed E-state index contributed by atoms with van der Waals surface area (Å²) in [5.41, 5.74) is 1.25. The van der Waals surface area contributed by atoms with E-state index >= 15 is 0 Å². The van der Waals surface area contributed by atoms with E-state index < -0.39 is 17.6 Å². The molecule has 0 unspecified atom stereocenters. The van der Waals surface area contributed by atoms with Crippen LogP contribution in [0.15, 0.2) is 54.7 Å². The van der Waals surface area contributed by atoms with Gasteiger partial charge >= 0.3 is 0 Å². The molecule has 106 valence electrons. The number of imide groups is 1. The van der Waals surface area contributed by atoms with E-state index in [1.807, 2.05) is 12.1 Å². The van der Waals surface area contributed by atoms with Gasteiger partial charge in [0.05, 0.1) is 22.3 Å². The van der Waals surface area contributed by atoms with Crippen LogP contribution in [0.2, 0.25) is 0 Å². The Kier molecular flexibility index (Phi) is 2.56. The van der Waals surface area contributed by atoms with Crippen LogP contribution in [-0.4, -0.2) is 16.8 Å². The van der Waals surface area contributed by atoms with Gasteiger partial charge in [-0.05, 0) is 30.3 Å². The van der Waals surface area contributed by atoms with Crippen LogP contribution >= 0.6 is 0 Å². The summed E-state index contributed by atoms with van der Waals surface area (Å²) >= 11 is 0. The number of benzene rings is 2. The van der Waals surface area contributed by atoms with Gasteiger partial charge in [0.15, 0.2) is 0 Å². The lowest BCUT2D eigenvalue weighted by Gasteiger charge is -2.15. The molecule has 3 aromatic rings. The van der Waals surface area contributed by atoms with Gasteiger partial charge in [-0.3, -0.25) is 14.6 Å². The fourth-order valence-electron chi connectivity index (χ4n) is 2.70. The van der Waals surface area contributed by atoms with E-state index in [1.165, 1.54) is 12.1 Å².